The second kappa shape index (κ2) is 4.10. The van der Waals surface area contributed by atoms with Crippen LogP contribution in [0.4, 0.5) is 14.5 Å². The smallest absolute Gasteiger partial charge is 0.258 e. The van der Waals surface area contributed by atoms with Gasteiger partial charge >= 0.3 is 0 Å². The van der Waals surface area contributed by atoms with Crippen LogP contribution in [0.25, 0.3) is 10.2 Å². The van der Waals surface area contributed by atoms with E-state index in [1.165, 1.54) is 18.3 Å². The van der Waals surface area contributed by atoms with Gasteiger partial charge in [0.05, 0.1) is 21.8 Å². The number of aromatic nitrogens is 1. The van der Waals surface area contributed by atoms with E-state index >= 15 is 0 Å². The average Bonchev–Trinajstić information content (AvgIpc) is 2.64. The molecular formula is C10H10F2N2S. The van der Waals surface area contributed by atoms with Crippen molar-refractivity contribution in [3.05, 3.63) is 23.7 Å². The fourth-order valence-electron chi connectivity index (χ4n) is 1.27. The van der Waals surface area contributed by atoms with Gasteiger partial charge in [-0.05, 0) is 25.1 Å². The Labute approximate surface area is 89.9 Å². The Hall–Kier alpha value is -1.23. The van der Waals surface area contributed by atoms with E-state index < -0.39 is 12.5 Å². The van der Waals surface area contributed by atoms with Gasteiger partial charge in [-0.25, -0.2) is 13.8 Å². The zero-order chi connectivity index (χ0) is 10.8. The lowest BCUT2D eigenvalue weighted by Crippen LogP contribution is -2.23. The second-order valence-corrected chi connectivity index (χ2v) is 4.19. The van der Waals surface area contributed by atoms with Crippen molar-refractivity contribution in [2.45, 2.75) is 19.4 Å². The largest absolute Gasteiger partial charge is 0.377 e. The molecule has 0 saturated heterocycles. The molecule has 5 heteroatoms. The molecule has 0 aliphatic heterocycles. The minimum atomic E-state index is -2.36. The van der Waals surface area contributed by atoms with Crippen molar-refractivity contribution in [3.8, 4) is 0 Å². The van der Waals surface area contributed by atoms with Crippen LogP contribution >= 0.6 is 11.3 Å². The highest BCUT2D eigenvalue weighted by atomic mass is 32.1. The Morgan fingerprint density at radius 2 is 2.20 bits per heavy atom. The van der Waals surface area contributed by atoms with Crippen LogP contribution in [-0.4, -0.2) is 17.5 Å². The molecular weight excluding hydrogens is 218 g/mol. The number of fused-ring (bicyclic) bond motifs is 1. The molecule has 0 bridgehead atoms. The number of thiazole rings is 1. The Morgan fingerprint density at radius 3 is 2.93 bits per heavy atom. The zero-order valence-corrected chi connectivity index (χ0v) is 8.89. The Morgan fingerprint density at radius 1 is 1.40 bits per heavy atom. The molecule has 0 saturated carbocycles. The Kier molecular flexibility index (Phi) is 2.81. The maximum Gasteiger partial charge on any atom is 0.258 e. The molecule has 0 aliphatic carbocycles. The molecule has 15 heavy (non-hydrogen) atoms. The number of benzene rings is 1. The summed E-state index contributed by atoms with van der Waals surface area (Å²) in [6.07, 6.45) is -2.36. The third-order valence-corrected chi connectivity index (χ3v) is 2.90. The van der Waals surface area contributed by atoms with E-state index in [-0.39, 0.29) is 0 Å². The standard InChI is InChI=1S/C10H10F2N2S/c1-6(10(11)12)14-7-2-3-8-9(4-7)15-5-13-8/h2-6,10,14H,1H3. The lowest BCUT2D eigenvalue weighted by atomic mass is 10.2. The molecule has 1 aromatic carbocycles. The molecule has 2 aromatic rings. The van der Waals surface area contributed by atoms with E-state index in [0.29, 0.717) is 5.69 Å². The number of nitrogens with zero attached hydrogens (tertiary/aromatic N) is 1. The molecule has 1 N–H and O–H groups in total. The number of anilines is 1. The summed E-state index contributed by atoms with van der Waals surface area (Å²) < 4.78 is 25.6. The van der Waals surface area contributed by atoms with Crippen LogP contribution in [0.5, 0.6) is 0 Å². The number of halogens is 2. The number of hydrogen-bond acceptors (Lipinski definition) is 3. The van der Waals surface area contributed by atoms with Crippen molar-refractivity contribution >= 4 is 27.2 Å². The van der Waals surface area contributed by atoms with E-state index in [0.717, 1.165) is 10.2 Å². The van der Waals surface area contributed by atoms with Crippen molar-refractivity contribution < 1.29 is 8.78 Å². The molecule has 0 aliphatic rings. The monoisotopic (exact) mass is 228 g/mol. The molecule has 1 aromatic heterocycles. The third kappa shape index (κ3) is 2.23. The zero-order valence-electron chi connectivity index (χ0n) is 8.08. The highest BCUT2D eigenvalue weighted by Gasteiger charge is 2.13. The van der Waals surface area contributed by atoms with Gasteiger partial charge in [-0.3, -0.25) is 0 Å². The maximum absolute atomic E-state index is 12.3. The highest BCUT2D eigenvalue weighted by molar-refractivity contribution is 7.16. The first-order valence-corrected chi connectivity index (χ1v) is 5.43. The molecule has 0 spiro atoms. The summed E-state index contributed by atoms with van der Waals surface area (Å²) in [4.78, 5) is 4.12. The van der Waals surface area contributed by atoms with Gasteiger partial charge in [0.15, 0.2) is 0 Å². The summed E-state index contributed by atoms with van der Waals surface area (Å²) in [5, 5.41) is 2.75. The Balaban J connectivity index is 2.21. The summed E-state index contributed by atoms with van der Waals surface area (Å²) in [6.45, 7) is 1.46. The van der Waals surface area contributed by atoms with E-state index in [1.54, 1.807) is 11.6 Å². The summed E-state index contributed by atoms with van der Waals surface area (Å²) in [7, 11) is 0. The molecule has 0 radical (unpaired) electrons. The van der Waals surface area contributed by atoms with Crippen molar-refractivity contribution in [1.82, 2.24) is 4.98 Å². The van der Waals surface area contributed by atoms with Gasteiger partial charge in [-0.2, -0.15) is 0 Å². The summed E-state index contributed by atoms with van der Waals surface area (Å²) in [5.74, 6) is 0. The van der Waals surface area contributed by atoms with Crippen molar-refractivity contribution in [3.63, 3.8) is 0 Å². The predicted molar refractivity (Wildman–Crippen MR) is 58.7 cm³/mol. The first-order valence-electron chi connectivity index (χ1n) is 4.55. The number of rotatable bonds is 3. The number of alkyl halides is 2. The lowest BCUT2D eigenvalue weighted by molar-refractivity contribution is 0.131. The van der Waals surface area contributed by atoms with Crippen LogP contribution < -0.4 is 5.32 Å². The summed E-state index contributed by atoms with van der Waals surface area (Å²) >= 11 is 1.50. The Bertz CT molecular complexity index is 455. The van der Waals surface area contributed by atoms with Crippen LogP contribution in [0.1, 0.15) is 6.92 Å². The highest BCUT2D eigenvalue weighted by Crippen LogP contribution is 2.22. The minimum absolute atomic E-state index is 0.708. The van der Waals surface area contributed by atoms with Crippen LogP contribution in [0, 0.1) is 0 Å². The van der Waals surface area contributed by atoms with Crippen molar-refractivity contribution in [1.29, 1.82) is 0 Å². The van der Waals surface area contributed by atoms with E-state index in [9.17, 15) is 8.78 Å². The molecule has 2 rings (SSSR count). The lowest BCUT2D eigenvalue weighted by Gasteiger charge is -2.13. The molecule has 1 heterocycles. The van der Waals surface area contributed by atoms with Gasteiger partial charge < -0.3 is 5.32 Å². The topological polar surface area (TPSA) is 24.9 Å². The van der Waals surface area contributed by atoms with Gasteiger partial charge in [0.2, 0.25) is 0 Å². The van der Waals surface area contributed by atoms with E-state index in [1.807, 2.05) is 12.1 Å². The molecule has 0 fully saturated rings. The van der Waals surface area contributed by atoms with Crippen molar-refractivity contribution in [2.24, 2.45) is 0 Å². The molecule has 2 nitrogen and oxygen atoms in total. The fraction of sp³-hybridized carbons (Fsp3) is 0.300. The van der Waals surface area contributed by atoms with E-state index in [4.69, 9.17) is 0 Å². The van der Waals surface area contributed by atoms with Gasteiger partial charge in [0.25, 0.3) is 6.43 Å². The summed E-state index contributed by atoms with van der Waals surface area (Å²) in [6, 6.07) is 4.59. The quantitative estimate of drug-likeness (QED) is 0.871. The maximum atomic E-state index is 12.3. The number of nitrogens with one attached hydrogen (secondary N) is 1. The van der Waals surface area contributed by atoms with Crippen molar-refractivity contribution in [2.75, 3.05) is 5.32 Å². The second-order valence-electron chi connectivity index (χ2n) is 3.30. The first-order chi connectivity index (χ1) is 7.16. The first kappa shape index (κ1) is 10.3. The van der Waals surface area contributed by atoms with Crippen LogP contribution in [0.15, 0.2) is 23.7 Å². The predicted octanol–water partition coefficient (Wildman–Crippen LogP) is 3.36. The van der Waals surface area contributed by atoms with Crippen LogP contribution in [-0.2, 0) is 0 Å². The molecule has 80 valence electrons. The fourth-order valence-corrected chi connectivity index (χ4v) is 1.99. The average molecular weight is 228 g/mol. The molecule has 0 amide bonds. The minimum Gasteiger partial charge on any atom is -0.377 e. The number of hydrogen-bond donors (Lipinski definition) is 1. The van der Waals surface area contributed by atoms with Crippen LogP contribution in [0.2, 0.25) is 0 Å². The molecule has 1 unspecified atom stereocenters. The molecule has 1 atom stereocenters. The SMILES string of the molecule is CC(Nc1ccc2ncsc2c1)C(F)F. The van der Waals surface area contributed by atoms with Gasteiger partial charge in [0, 0.05) is 5.69 Å². The third-order valence-electron chi connectivity index (χ3n) is 2.10. The van der Waals surface area contributed by atoms with Gasteiger partial charge in [-0.1, -0.05) is 0 Å². The van der Waals surface area contributed by atoms with Gasteiger partial charge in [0.1, 0.15) is 0 Å². The van der Waals surface area contributed by atoms with Crippen LogP contribution in [0.3, 0.4) is 0 Å². The van der Waals surface area contributed by atoms with Gasteiger partial charge in [-0.15, -0.1) is 11.3 Å². The summed E-state index contributed by atoms with van der Waals surface area (Å²) in [5.41, 5.74) is 3.35. The normalized spacial score (nSPS) is 13.3. The van der Waals surface area contributed by atoms with E-state index in [2.05, 4.69) is 10.3 Å².